The van der Waals surface area contributed by atoms with E-state index in [4.69, 9.17) is 4.74 Å². The van der Waals surface area contributed by atoms with E-state index in [9.17, 15) is 19.7 Å². The highest BCUT2D eigenvalue weighted by Crippen LogP contribution is 2.17. The van der Waals surface area contributed by atoms with Crippen LogP contribution in [0.5, 0.6) is 5.75 Å². The van der Waals surface area contributed by atoms with Crippen LogP contribution in [0, 0.1) is 10.1 Å². The van der Waals surface area contributed by atoms with Crippen LogP contribution in [0.4, 0.5) is 5.69 Å². The van der Waals surface area contributed by atoms with Crippen molar-refractivity contribution in [1.29, 1.82) is 0 Å². The minimum Gasteiger partial charge on any atom is -0.497 e. The number of hydrogen-bond acceptors (Lipinski definition) is 6. The molecule has 3 aromatic rings. The number of nitro benzene ring substituents is 1. The molecule has 0 atom stereocenters. The highest BCUT2D eigenvalue weighted by Gasteiger charge is 2.25. The molecule has 1 aliphatic heterocycles. The molecule has 10 nitrogen and oxygen atoms in total. The highest BCUT2D eigenvalue weighted by atomic mass is 16.6. The average molecular weight is 463 g/mol. The van der Waals surface area contributed by atoms with Crippen LogP contribution < -0.4 is 4.74 Å². The van der Waals surface area contributed by atoms with E-state index in [-0.39, 0.29) is 17.5 Å². The van der Waals surface area contributed by atoms with Gasteiger partial charge in [-0.25, -0.2) is 4.68 Å². The zero-order valence-corrected chi connectivity index (χ0v) is 18.8. The second-order valence-corrected chi connectivity index (χ2v) is 7.97. The van der Waals surface area contributed by atoms with Crippen molar-refractivity contribution < 1.29 is 19.2 Å². The number of non-ortho nitro benzene ring substituents is 1. The first-order valence-electron chi connectivity index (χ1n) is 10.9. The van der Waals surface area contributed by atoms with Gasteiger partial charge in [-0.2, -0.15) is 5.10 Å². The third-order valence-electron chi connectivity index (χ3n) is 5.86. The lowest BCUT2D eigenvalue weighted by Gasteiger charge is -2.34. The van der Waals surface area contributed by atoms with Crippen molar-refractivity contribution in [3.8, 4) is 11.4 Å². The van der Waals surface area contributed by atoms with Crippen LogP contribution in [-0.4, -0.2) is 69.6 Å². The van der Waals surface area contributed by atoms with Crippen molar-refractivity contribution >= 4 is 17.5 Å². The SMILES string of the molecule is COc1ccc(CCC(=O)N2CCN(C(=O)c3cnn(-c4ccc([N+](=O)[O-])cc4)c3)CC2)cc1. The van der Waals surface area contributed by atoms with E-state index in [1.165, 1.54) is 23.0 Å². The van der Waals surface area contributed by atoms with Crippen molar-refractivity contribution in [1.82, 2.24) is 19.6 Å². The van der Waals surface area contributed by atoms with Crippen LogP contribution in [0.1, 0.15) is 22.3 Å². The predicted molar refractivity (Wildman–Crippen MR) is 124 cm³/mol. The number of rotatable bonds is 7. The number of aromatic nitrogens is 2. The number of aryl methyl sites for hydroxylation is 1. The Balaban J connectivity index is 1.28. The average Bonchev–Trinajstić information content (AvgIpc) is 3.37. The Bertz CT molecular complexity index is 1170. The van der Waals surface area contributed by atoms with Crippen molar-refractivity contribution in [2.75, 3.05) is 33.3 Å². The fraction of sp³-hybridized carbons (Fsp3) is 0.292. The third-order valence-corrected chi connectivity index (χ3v) is 5.86. The molecule has 34 heavy (non-hydrogen) atoms. The molecule has 0 aliphatic carbocycles. The lowest BCUT2D eigenvalue weighted by atomic mass is 10.1. The van der Waals surface area contributed by atoms with E-state index in [0.717, 1.165) is 11.3 Å². The molecule has 0 spiro atoms. The Kier molecular flexibility index (Phi) is 6.86. The van der Waals surface area contributed by atoms with Gasteiger partial charge >= 0.3 is 0 Å². The summed E-state index contributed by atoms with van der Waals surface area (Å²) in [6.45, 7) is 1.89. The summed E-state index contributed by atoms with van der Waals surface area (Å²) >= 11 is 0. The Labute approximate surface area is 196 Å². The molecule has 176 valence electrons. The number of hydrogen-bond donors (Lipinski definition) is 0. The number of benzene rings is 2. The molecule has 2 amide bonds. The molecule has 1 aliphatic rings. The Morgan fingerprint density at radius 2 is 1.65 bits per heavy atom. The second-order valence-electron chi connectivity index (χ2n) is 7.97. The first kappa shape index (κ1) is 23.0. The van der Waals surface area contributed by atoms with Crippen molar-refractivity contribution in [3.63, 3.8) is 0 Å². The summed E-state index contributed by atoms with van der Waals surface area (Å²) in [5.41, 5.74) is 2.12. The van der Waals surface area contributed by atoms with Gasteiger partial charge in [0.05, 0.1) is 29.5 Å². The maximum atomic E-state index is 12.9. The molecule has 10 heteroatoms. The highest BCUT2D eigenvalue weighted by molar-refractivity contribution is 5.94. The number of nitro groups is 1. The molecule has 0 radical (unpaired) electrons. The van der Waals surface area contributed by atoms with Gasteiger partial charge in [0.15, 0.2) is 0 Å². The molecule has 0 bridgehead atoms. The second kappa shape index (κ2) is 10.2. The predicted octanol–water partition coefficient (Wildman–Crippen LogP) is 2.71. The largest absolute Gasteiger partial charge is 0.497 e. The molecule has 0 saturated carbocycles. The summed E-state index contributed by atoms with van der Waals surface area (Å²) < 4.78 is 6.66. The van der Waals surface area contributed by atoms with E-state index in [1.54, 1.807) is 35.2 Å². The van der Waals surface area contributed by atoms with Gasteiger partial charge in [0, 0.05) is 50.9 Å². The van der Waals surface area contributed by atoms with Crippen LogP contribution in [0.3, 0.4) is 0 Å². The van der Waals surface area contributed by atoms with Gasteiger partial charge in [-0.1, -0.05) is 12.1 Å². The molecule has 2 aromatic carbocycles. The van der Waals surface area contributed by atoms with Crippen molar-refractivity contribution in [2.45, 2.75) is 12.8 Å². The summed E-state index contributed by atoms with van der Waals surface area (Å²) in [5.74, 6) is 0.710. The van der Waals surface area contributed by atoms with Gasteiger partial charge in [0.25, 0.3) is 11.6 Å². The molecule has 0 unspecified atom stereocenters. The molecule has 1 aromatic heterocycles. The van der Waals surface area contributed by atoms with Gasteiger partial charge in [-0.05, 0) is 36.2 Å². The number of nitrogens with zero attached hydrogens (tertiary/aromatic N) is 5. The fourth-order valence-electron chi connectivity index (χ4n) is 3.84. The fourth-order valence-corrected chi connectivity index (χ4v) is 3.84. The Morgan fingerprint density at radius 1 is 1.00 bits per heavy atom. The molecule has 4 rings (SSSR count). The van der Waals surface area contributed by atoms with E-state index in [0.29, 0.717) is 50.3 Å². The molecular formula is C24H25N5O5. The van der Waals surface area contributed by atoms with Crippen LogP contribution >= 0.6 is 0 Å². The zero-order valence-electron chi connectivity index (χ0n) is 18.8. The summed E-state index contributed by atoms with van der Waals surface area (Å²) in [6.07, 6.45) is 4.16. The number of carbonyl (C=O) groups is 2. The summed E-state index contributed by atoms with van der Waals surface area (Å²) in [6, 6.07) is 13.6. The van der Waals surface area contributed by atoms with Crippen LogP contribution in [0.2, 0.25) is 0 Å². The Morgan fingerprint density at radius 3 is 2.26 bits per heavy atom. The van der Waals surface area contributed by atoms with E-state index in [1.807, 2.05) is 24.3 Å². The topological polar surface area (TPSA) is 111 Å². The monoisotopic (exact) mass is 463 g/mol. The smallest absolute Gasteiger partial charge is 0.269 e. The van der Waals surface area contributed by atoms with Gasteiger partial charge < -0.3 is 14.5 Å². The number of methoxy groups -OCH3 is 1. The Hall–Kier alpha value is -4.21. The normalized spacial score (nSPS) is 13.6. The minimum absolute atomic E-state index is 0.0105. The third kappa shape index (κ3) is 5.22. The minimum atomic E-state index is -0.467. The molecule has 0 N–H and O–H groups in total. The standard InChI is InChI=1S/C24H25N5O5/c1-34-22-9-2-18(3-10-22)4-11-23(30)26-12-14-27(15-13-26)24(31)19-16-25-28(17-19)20-5-7-21(8-6-20)29(32)33/h2-3,5-10,16-17H,4,11-15H2,1H3. The number of carbonyl (C=O) groups excluding carboxylic acids is 2. The summed E-state index contributed by atoms with van der Waals surface area (Å²) in [4.78, 5) is 39.4. The van der Waals surface area contributed by atoms with Crippen LogP contribution in [0.25, 0.3) is 5.69 Å². The van der Waals surface area contributed by atoms with E-state index < -0.39 is 4.92 Å². The van der Waals surface area contributed by atoms with E-state index >= 15 is 0 Å². The number of piperazine rings is 1. The first-order valence-corrected chi connectivity index (χ1v) is 10.9. The summed E-state index contributed by atoms with van der Waals surface area (Å²) in [5, 5.41) is 15.0. The molecule has 1 fully saturated rings. The van der Waals surface area contributed by atoms with Gasteiger partial charge in [0.2, 0.25) is 5.91 Å². The van der Waals surface area contributed by atoms with E-state index in [2.05, 4.69) is 5.10 Å². The molecule has 1 saturated heterocycles. The molecular weight excluding hydrogens is 438 g/mol. The van der Waals surface area contributed by atoms with Crippen molar-refractivity contribution in [3.05, 3.63) is 82.2 Å². The van der Waals surface area contributed by atoms with Crippen LogP contribution in [0.15, 0.2) is 60.9 Å². The van der Waals surface area contributed by atoms with Crippen LogP contribution in [-0.2, 0) is 11.2 Å². The number of ether oxygens (including phenoxy) is 1. The van der Waals surface area contributed by atoms with Gasteiger partial charge in [0.1, 0.15) is 5.75 Å². The lowest BCUT2D eigenvalue weighted by Crippen LogP contribution is -2.50. The quantitative estimate of drug-likeness (QED) is 0.394. The lowest BCUT2D eigenvalue weighted by molar-refractivity contribution is -0.384. The molecule has 2 heterocycles. The number of amides is 2. The first-order chi connectivity index (χ1) is 16.4. The maximum absolute atomic E-state index is 12.9. The van der Waals surface area contributed by atoms with Crippen molar-refractivity contribution in [2.24, 2.45) is 0 Å². The maximum Gasteiger partial charge on any atom is 0.269 e. The summed E-state index contributed by atoms with van der Waals surface area (Å²) in [7, 11) is 1.62. The van der Waals surface area contributed by atoms with Gasteiger partial charge in [-0.15, -0.1) is 0 Å². The zero-order chi connectivity index (χ0) is 24.1. The van der Waals surface area contributed by atoms with Gasteiger partial charge in [-0.3, -0.25) is 19.7 Å².